The van der Waals surface area contributed by atoms with Gasteiger partial charge in [-0.05, 0) is 36.1 Å². The molecule has 2 amide bonds. The number of benzene rings is 1. The average Bonchev–Trinajstić information content (AvgIpc) is 2.58. The number of rotatable bonds is 5. The van der Waals surface area contributed by atoms with Crippen LogP contribution in [0.3, 0.4) is 0 Å². The number of amides is 2. The lowest BCUT2D eigenvalue weighted by Crippen LogP contribution is -2.31. The predicted octanol–water partition coefficient (Wildman–Crippen LogP) is 2.48. The van der Waals surface area contributed by atoms with Crippen LogP contribution in [-0.2, 0) is 4.79 Å². The summed E-state index contributed by atoms with van der Waals surface area (Å²) < 4.78 is 0. The van der Waals surface area contributed by atoms with Gasteiger partial charge in [0.05, 0.1) is 5.92 Å². The summed E-state index contributed by atoms with van der Waals surface area (Å²) in [6, 6.07) is 4.22. The van der Waals surface area contributed by atoms with Crippen LogP contribution in [0.5, 0.6) is 5.75 Å². The highest BCUT2D eigenvalue weighted by Gasteiger charge is 2.31. The Bertz CT molecular complexity index is 660. The molecule has 0 unspecified atom stereocenters. The van der Waals surface area contributed by atoms with Crippen LogP contribution in [-0.4, -0.2) is 28.9 Å². The van der Waals surface area contributed by atoms with Crippen molar-refractivity contribution in [1.82, 2.24) is 4.90 Å². The van der Waals surface area contributed by atoms with Crippen molar-refractivity contribution in [3.63, 3.8) is 0 Å². The Morgan fingerprint density at radius 1 is 1.38 bits per heavy atom. The van der Waals surface area contributed by atoms with Crippen LogP contribution in [0.15, 0.2) is 18.2 Å². The number of aromatic hydroxyl groups is 1. The number of carbonyl (C=O) groups excluding carboxylic acids is 2. The SMILES string of the molecule is CN(C#N)C(=O)[C@@H](CC1CCCCC1)c1cc(O)ccc1C(N)=O. The fourth-order valence-corrected chi connectivity index (χ4v) is 3.46. The van der Waals surface area contributed by atoms with Gasteiger partial charge in [0.1, 0.15) is 5.75 Å². The van der Waals surface area contributed by atoms with Crippen LogP contribution in [0.1, 0.15) is 60.4 Å². The first kappa shape index (κ1) is 17.8. The summed E-state index contributed by atoms with van der Waals surface area (Å²) >= 11 is 0. The molecule has 3 N–H and O–H groups in total. The second-order valence-electron chi connectivity index (χ2n) is 6.43. The van der Waals surface area contributed by atoms with E-state index in [0.717, 1.165) is 30.6 Å². The molecule has 6 nitrogen and oxygen atoms in total. The maximum absolute atomic E-state index is 12.7. The molecule has 128 valence electrons. The van der Waals surface area contributed by atoms with E-state index in [1.54, 1.807) is 0 Å². The van der Waals surface area contributed by atoms with Crippen molar-refractivity contribution in [1.29, 1.82) is 5.26 Å². The third kappa shape index (κ3) is 4.05. The van der Waals surface area contributed by atoms with Gasteiger partial charge in [0.15, 0.2) is 6.19 Å². The summed E-state index contributed by atoms with van der Waals surface area (Å²) in [7, 11) is 1.41. The fraction of sp³-hybridized carbons (Fsp3) is 0.500. The number of nitrogens with two attached hydrogens (primary N) is 1. The minimum atomic E-state index is -0.660. The highest BCUT2D eigenvalue weighted by atomic mass is 16.3. The molecule has 0 heterocycles. The second-order valence-corrected chi connectivity index (χ2v) is 6.43. The van der Waals surface area contributed by atoms with E-state index < -0.39 is 11.8 Å². The van der Waals surface area contributed by atoms with Crippen molar-refractivity contribution in [2.45, 2.75) is 44.4 Å². The van der Waals surface area contributed by atoms with E-state index in [1.165, 1.54) is 31.7 Å². The Labute approximate surface area is 141 Å². The van der Waals surface area contributed by atoms with E-state index in [0.29, 0.717) is 17.9 Å². The Morgan fingerprint density at radius 3 is 2.62 bits per heavy atom. The lowest BCUT2D eigenvalue weighted by Gasteiger charge is -2.28. The van der Waals surface area contributed by atoms with Crippen molar-refractivity contribution in [2.75, 3.05) is 7.05 Å². The largest absolute Gasteiger partial charge is 0.508 e. The number of phenols is 1. The maximum atomic E-state index is 12.7. The van der Waals surface area contributed by atoms with Gasteiger partial charge in [0.2, 0.25) is 11.8 Å². The van der Waals surface area contributed by atoms with Crippen LogP contribution >= 0.6 is 0 Å². The quantitative estimate of drug-likeness (QED) is 0.639. The summed E-state index contributed by atoms with van der Waals surface area (Å²) in [5.41, 5.74) is 6.05. The first-order valence-corrected chi connectivity index (χ1v) is 8.24. The zero-order chi connectivity index (χ0) is 17.7. The highest BCUT2D eigenvalue weighted by molar-refractivity contribution is 5.97. The molecule has 6 heteroatoms. The van der Waals surface area contributed by atoms with E-state index in [4.69, 9.17) is 11.0 Å². The minimum Gasteiger partial charge on any atom is -0.508 e. The molecule has 1 saturated carbocycles. The van der Waals surface area contributed by atoms with E-state index in [9.17, 15) is 14.7 Å². The molecule has 0 bridgehead atoms. The first-order chi connectivity index (χ1) is 11.4. The molecule has 0 aliphatic heterocycles. The number of carbonyl (C=O) groups is 2. The number of hydrogen-bond donors (Lipinski definition) is 2. The van der Waals surface area contributed by atoms with Gasteiger partial charge in [-0.1, -0.05) is 32.1 Å². The number of phenolic OH excluding ortho intramolecular Hbond substituents is 1. The molecule has 2 rings (SSSR count). The summed E-state index contributed by atoms with van der Waals surface area (Å²) in [5, 5.41) is 18.9. The van der Waals surface area contributed by atoms with Crippen molar-refractivity contribution in [2.24, 2.45) is 11.7 Å². The van der Waals surface area contributed by atoms with Crippen LogP contribution in [0.2, 0.25) is 0 Å². The zero-order valence-corrected chi connectivity index (χ0v) is 13.9. The zero-order valence-electron chi connectivity index (χ0n) is 13.9. The van der Waals surface area contributed by atoms with Crippen LogP contribution < -0.4 is 5.73 Å². The molecular formula is C18H23N3O3. The van der Waals surface area contributed by atoms with Gasteiger partial charge < -0.3 is 10.8 Å². The van der Waals surface area contributed by atoms with Crippen molar-refractivity contribution in [3.05, 3.63) is 29.3 Å². The van der Waals surface area contributed by atoms with E-state index in [1.807, 2.05) is 6.19 Å². The molecule has 1 aromatic rings. The molecule has 0 spiro atoms. The smallest absolute Gasteiger partial charge is 0.249 e. The fourth-order valence-electron chi connectivity index (χ4n) is 3.46. The van der Waals surface area contributed by atoms with Gasteiger partial charge in [-0.3, -0.25) is 14.5 Å². The Balaban J connectivity index is 2.41. The molecule has 0 saturated heterocycles. The van der Waals surface area contributed by atoms with Crippen LogP contribution in [0.25, 0.3) is 0 Å². The topological polar surface area (TPSA) is 107 Å². The summed E-state index contributed by atoms with van der Waals surface area (Å²) in [5.74, 6) is -1.35. The minimum absolute atomic E-state index is 0.0314. The predicted molar refractivity (Wildman–Crippen MR) is 88.9 cm³/mol. The molecule has 0 aromatic heterocycles. The molecular weight excluding hydrogens is 306 g/mol. The number of nitriles is 1. The third-order valence-corrected chi connectivity index (χ3v) is 4.75. The lowest BCUT2D eigenvalue weighted by molar-refractivity contribution is -0.129. The Hall–Kier alpha value is -2.55. The molecule has 0 radical (unpaired) electrons. The van der Waals surface area contributed by atoms with Gasteiger partial charge in [0.25, 0.3) is 0 Å². The van der Waals surface area contributed by atoms with Gasteiger partial charge in [-0.2, -0.15) is 5.26 Å². The van der Waals surface area contributed by atoms with Crippen molar-refractivity contribution in [3.8, 4) is 11.9 Å². The number of primary amides is 1. The molecule has 1 atom stereocenters. The summed E-state index contributed by atoms with van der Waals surface area (Å²) in [6.07, 6.45) is 7.89. The number of hydrogen-bond acceptors (Lipinski definition) is 4. The van der Waals surface area contributed by atoms with Gasteiger partial charge in [-0.25, -0.2) is 0 Å². The third-order valence-electron chi connectivity index (χ3n) is 4.75. The van der Waals surface area contributed by atoms with Gasteiger partial charge >= 0.3 is 0 Å². The standard InChI is InChI=1S/C18H23N3O3/c1-21(11-19)18(24)16(9-12-5-3-2-4-6-12)15-10-13(22)7-8-14(15)17(20)23/h7-8,10,12,16,22H,2-6,9H2,1H3,(H2,20,23)/t16-/m0/s1. The van der Waals surface area contributed by atoms with Gasteiger partial charge in [0, 0.05) is 12.6 Å². The second kappa shape index (κ2) is 7.82. The lowest BCUT2D eigenvalue weighted by atomic mass is 9.79. The molecule has 1 aliphatic carbocycles. The monoisotopic (exact) mass is 329 g/mol. The maximum Gasteiger partial charge on any atom is 0.249 e. The van der Waals surface area contributed by atoms with E-state index >= 15 is 0 Å². The van der Waals surface area contributed by atoms with Crippen molar-refractivity contribution < 1.29 is 14.7 Å². The highest BCUT2D eigenvalue weighted by Crippen LogP contribution is 2.36. The summed E-state index contributed by atoms with van der Waals surface area (Å²) in [4.78, 5) is 25.4. The van der Waals surface area contributed by atoms with Gasteiger partial charge in [-0.15, -0.1) is 0 Å². The summed E-state index contributed by atoms with van der Waals surface area (Å²) in [6.45, 7) is 0. The van der Waals surface area contributed by atoms with E-state index in [2.05, 4.69) is 0 Å². The molecule has 1 aliphatic rings. The van der Waals surface area contributed by atoms with Crippen molar-refractivity contribution >= 4 is 11.8 Å². The van der Waals surface area contributed by atoms with Crippen LogP contribution in [0, 0.1) is 17.4 Å². The normalized spacial score (nSPS) is 16.2. The molecule has 1 fully saturated rings. The number of likely N-dealkylation sites (N-methyl/N-ethyl adjacent to an activating group) is 1. The van der Waals surface area contributed by atoms with Crippen LogP contribution in [0.4, 0.5) is 0 Å². The Kier molecular flexibility index (Phi) is 5.80. The molecule has 24 heavy (non-hydrogen) atoms. The van der Waals surface area contributed by atoms with E-state index in [-0.39, 0.29) is 17.2 Å². The Morgan fingerprint density at radius 2 is 2.04 bits per heavy atom. The first-order valence-electron chi connectivity index (χ1n) is 8.24. The molecule has 1 aromatic carbocycles. The number of nitrogens with zero attached hydrogens (tertiary/aromatic N) is 2. The average molecular weight is 329 g/mol.